The molecule has 8 nitrogen and oxygen atoms in total. The lowest BCUT2D eigenvalue weighted by atomic mass is 10.1. The summed E-state index contributed by atoms with van der Waals surface area (Å²) in [5.41, 5.74) is 2.45. The van der Waals surface area contributed by atoms with Gasteiger partial charge in [0.05, 0.1) is 7.05 Å². The standard InChI is InChI=1S/C14H17N5O3/c1-8(20)5-6-11-9(2)16-13(17-10(11)3)14-15-7-12(18(14)4)19(21)22/h7H,5-6H2,1-4H3. The van der Waals surface area contributed by atoms with E-state index in [4.69, 9.17) is 0 Å². The maximum atomic E-state index is 11.1. The molecule has 0 aliphatic rings. The van der Waals surface area contributed by atoms with Crippen LogP contribution >= 0.6 is 0 Å². The number of imidazole rings is 1. The molecule has 0 aliphatic heterocycles. The monoisotopic (exact) mass is 303 g/mol. The smallest absolute Gasteiger partial charge is 0.343 e. The maximum absolute atomic E-state index is 11.1. The van der Waals surface area contributed by atoms with E-state index in [2.05, 4.69) is 15.0 Å². The third kappa shape index (κ3) is 3.00. The molecule has 0 amide bonds. The first-order valence-electron chi connectivity index (χ1n) is 6.81. The molecule has 22 heavy (non-hydrogen) atoms. The molecule has 0 saturated heterocycles. The Kier molecular flexibility index (Phi) is 4.30. The van der Waals surface area contributed by atoms with Crippen LogP contribution in [0.5, 0.6) is 0 Å². The molecule has 2 rings (SSSR count). The van der Waals surface area contributed by atoms with Gasteiger partial charge in [-0.2, -0.15) is 0 Å². The van der Waals surface area contributed by atoms with Crippen molar-refractivity contribution in [3.8, 4) is 11.6 Å². The van der Waals surface area contributed by atoms with Crippen molar-refractivity contribution in [1.29, 1.82) is 0 Å². The Bertz CT molecular complexity index is 728. The number of carbonyl (C=O) groups excluding carboxylic acids is 1. The molecule has 0 aliphatic carbocycles. The Morgan fingerprint density at radius 2 is 1.91 bits per heavy atom. The normalized spacial score (nSPS) is 10.7. The predicted octanol–water partition coefficient (Wildman–Crippen LogP) is 1.92. The summed E-state index contributed by atoms with van der Waals surface area (Å²) in [5.74, 6) is 0.686. The molecule has 0 atom stereocenters. The first-order chi connectivity index (χ1) is 10.3. The number of hydrogen-bond acceptors (Lipinski definition) is 6. The number of Topliss-reactive ketones (excluding diaryl/α,β-unsaturated/α-hetero) is 1. The fourth-order valence-corrected chi connectivity index (χ4v) is 2.28. The second kappa shape index (κ2) is 6.00. The first-order valence-corrected chi connectivity index (χ1v) is 6.81. The lowest BCUT2D eigenvalue weighted by molar-refractivity contribution is -0.391. The summed E-state index contributed by atoms with van der Waals surface area (Å²) in [6.45, 7) is 5.23. The van der Waals surface area contributed by atoms with Crippen molar-refractivity contribution in [3.63, 3.8) is 0 Å². The molecule has 0 bridgehead atoms. The van der Waals surface area contributed by atoms with Gasteiger partial charge in [0.2, 0.25) is 5.82 Å². The summed E-state index contributed by atoms with van der Waals surface area (Å²) < 4.78 is 1.35. The molecule has 0 saturated carbocycles. The summed E-state index contributed by atoms with van der Waals surface area (Å²) in [6, 6.07) is 0. The minimum atomic E-state index is -0.503. The summed E-state index contributed by atoms with van der Waals surface area (Å²) >= 11 is 0. The molecule has 0 N–H and O–H groups in total. The van der Waals surface area contributed by atoms with Gasteiger partial charge >= 0.3 is 5.82 Å². The van der Waals surface area contributed by atoms with E-state index >= 15 is 0 Å². The minimum Gasteiger partial charge on any atom is -0.358 e. The molecular formula is C14H17N5O3. The zero-order chi connectivity index (χ0) is 16.4. The average Bonchev–Trinajstić information content (AvgIpc) is 2.79. The van der Waals surface area contributed by atoms with Crippen molar-refractivity contribution in [1.82, 2.24) is 19.5 Å². The van der Waals surface area contributed by atoms with Gasteiger partial charge in [-0.05, 0) is 37.7 Å². The van der Waals surface area contributed by atoms with Gasteiger partial charge in [0, 0.05) is 17.8 Å². The third-order valence-electron chi connectivity index (χ3n) is 3.50. The Morgan fingerprint density at radius 3 is 2.36 bits per heavy atom. The van der Waals surface area contributed by atoms with E-state index in [1.165, 1.54) is 10.8 Å². The van der Waals surface area contributed by atoms with E-state index in [1.807, 2.05) is 13.8 Å². The van der Waals surface area contributed by atoms with Gasteiger partial charge in [-0.25, -0.2) is 19.5 Å². The fraction of sp³-hybridized carbons (Fsp3) is 0.429. The highest BCUT2D eigenvalue weighted by Gasteiger charge is 2.21. The zero-order valence-electron chi connectivity index (χ0n) is 13.0. The topological polar surface area (TPSA) is 104 Å². The molecule has 2 heterocycles. The molecule has 2 aromatic heterocycles. The van der Waals surface area contributed by atoms with Crippen LogP contribution in [0.25, 0.3) is 11.6 Å². The van der Waals surface area contributed by atoms with Crippen LogP contribution < -0.4 is 0 Å². The van der Waals surface area contributed by atoms with Crippen molar-refractivity contribution in [2.24, 2.45) is 7.05 Å². The van der Waals surface area contributed by atoms with Gasteiger partial charge in [-0.1, -0.05) is 0 Å². The predicted molar refractivity (Wildman–Crippen MR) is 79.4 cm³/mol. The van der Waals surface area contributed by atoms with Gasteiger partial charge in [0.25, 0.3) is 5.82 Å². The van der Waals surface area contributed by atoms with Crippen LogP contribution in [0.3, 0.4) is 0 Å². The minimum absolute atomic E-state index is 0.114. The van der Waals surface area contributed by atoms with Gasteiger partial charge in [-0.15, -0.1) is 0 Å². The van der Waals surface area contributed by atoms with Crippen molar-refractivity contribution < 1.29 is 9.72 Å². The van der Waals surface area contributed by atoms with E-state index in [-0.39, 0.29) is 11.6 Å². The lowest BCUT2D eigenvalue weighted by Crippen LogP contribution is -2.07. The van der Waals surface area contributed by atoms with Crippen LogP contribution in [0.1, 0.15) is 30.3 Å². The van der Waals surface area contributed by atoms with E-state index in [0.717, 1.165) is 17.0 Å². The number of ketones is 1. The molecule has 0 fully saturated rings. The summed E-state index contributed by atoms with van der Waals surface area (Å²) in [6.07, 6.45) is 2.22. The first kappa shape index (κ1) is 15.7. The van der Waals surface area contributed by atoms with E-state index in [1.54, 1.807) is 14.0 Å². The molecule has 0 aromatic carbocycles. The lowest BCUT2D eigenvalue weighted by Gasteiger charge is -2.09. The molecule has 0 radical (unpaired) electrons. The van der Waals surface area contributed by atoms with E-state index in [0.29, 0.717) is 24.5 Å². The number of nitro groups is 1. The van der Waals surface area contributed by atoms with Crippen LogP contribution in [-0.4, -0.2) is 30.2 Å². The Hall–Kier alpha value is -2.64. The molecular weight excluding hydrogens is 286 g/mol. The number of carbonyl (C=O) groups is 1. The fourth-order valence-electron chi connectivity index (χ4n) is 2.28. The maximum Gasteiger partial charge on any atom is 0.343 e. The van der Waals surface area contributed by atoms with Crippen LogP contribution in [0.4, 0.5) is 5.82 Å². The van der Waals surface area contributed by atoms with Gasteiger partial charge in [0.1, 0.15) is 12.0 Å². The second-order valence-electron chi connectivity index (χ2n) is 5.15. The number of rotatable bonds is 5. The summed E-state index contributed by atoms with van der Waals surface area (Å²) in [5, 5.41) is 10.9. The van der Waals surface area contributed by atoms with E-state index in [9.17, 15) is 14.9 Å². The average molecular weight is 303 g/mol. The molecule has 8 heteroatoms. The van der Waals surface area contributed by atoms with E-state index < -0.39 is 4.92 Å². The van der Waals surface area contributed by atoms with Crippen LogP contribution in [-0.2, 0) is 18.3 Å². The Morgan fingerprint density at radius 1 is 1.32 bits per heavy atom. The van der Waals surface area contributed by atoms with Crippen LogP contribution in [0.2, 0.25) is 0 Å². The van der Waals surface area contributed by atoms with Crippen LogP contribution in [0, 0.1) is 24.0 Å². The molecule has 0 unspecified atom stereocenters. The summed E-state index contributed by atoms with van der Waals surface area (Å²) in [7, 11) is 1.55. The molecule has 116 valence electrons. The van der Waals surface area contributed by atoms with Crippen molar-refractivity contribution in [3.05, 3.63) is 33.3 Å². The Labute approximate surface area is 127 Å². The van der Waals surface area contributed by atoms with Gasteiger partial charge in [0.15, 0.2) is 0 Å². The third-order valence-corrected chi connectivity index (χ3v) is 3.50. The largest absolute Gasteiger partial charge is 0.358 e. The van der Waals surface area contributed by atoms with Crippen molar-refractivity contribution >= 4 is 11.6 Å². The van der Waals surface area contributed by atoms with Crippen molar-refractivity contribution in [2.45, 2.75) is 33.6 Å². The number of nitrogens with zero attached hydrogens (tertiary/aromatic N) is 5. The van der Waals surface area contributed by atoms with Gasteiger partial charge < -0.3 is 14.9 Å². The number of aromatic nitrogens is 4. The summed E-state index contributed by atoms with van der Waals surface area (Å²) in [4.78, 5) is 34.3. The quantitative estimate of drug-likeness (QED) is 0.617. The highest BCUT2D eigenvalue weighted by Crippen LogP contribution is 2.22. The number of aryl methyl sites for hydroxylation is 2. The zero-order valence-corrected chi connectivity index (χ0v) is 13.0. The molecule has 2 aromatic rings. The highest BCUT2D eigenvalue weighted by molar-refractivity contribution is 5.75. The van der Waals surface area contributed by atoms with Crippen LogP contribution in [0.15, 0.2) is 6.20 Å². The number of hydrogen-bond donors (Lipinski definition) is 0. The van der Waals surface area contributed by atoms with Gasteiger partial charge in [-0.3, -0.25) is 0 Å². The highest BCUT2D eigenvalue weighted by atomic mass is 16.6. The SMILES string of the molecule is CC(=O)CCc1c(C)nc(-c2ncc([N+](=O)[O-])n2C)nc1C. The second-order valence-corrected chi connectivity index (χ2v) is 5.15. The molecule has 0 spiro atoms. The Balaban J connectivity index is 2.42. The van der Waals surface area contributed by atoms with Crippen molar-refractivity contribution in [2.75, 3.05) is 0 Å².